The number of thioether (sulfide) groups is 1. The standard InChI is InChI=1S/C13H18N2OS/c1-4-7-15-10-6-5-9(14)8-11(10)17-13(2,3)12(15)16/h5-6,8H,4,7,14H2,1-3H3. The van der Waals surface area contributed by atoms with Crippen molar-refractivity contribution in [3.63, 3.8) is 0 Å². The van der Waals surface area contributed by atoms with Gasteiger partial charge in [-0.25, -0.2) is 0 Å². The molecule has 1 aliphatic rings. The number of benzene rings is 1. The summed E-state index contributed by atoms with van der Waals surface area (Å²) >= 11 is 1.59. The van der Waals surface area contributed by atoms with E-state index in [0.717, 1.165) is 29.2 Å². The molecule has 3 nitrogen and oxygen atoms in total. The summed E-state index contributed by atoms with van der Waals surface area (Å²) in [5, 5.41) is 0. The lowest BCUT2D eigenvalue weighted by atomic mass is 10.1. The number of carbonyl (C=O) groups is 1. The number of carbonyl (C=O) groups excluding carboxylic acids is 1. The first-order chi connectivity index (χ1) is 7.95. The zero-order valence-corrected chi connectivity index (χ0v) is 11.3. The first-order valence-corrected chi connectivity index (χ1v) is 6.68. The van der Waals surface area contributed by atoms with E-state index >= 15 is 0 Å². The summed E-state index contributed by atoms with van der Waals surface area (Å²) in [6.07, 6.45) is 0.955. The van der Waals surface area contributed by atoms with Crippen molar-refractivity contribution in [2.75, 3.05) is 17.2 Å². The Morgan fingerprint density at radius 1 is 1.41 bits per heavy atom. The summed E-state index contributed by atoms with van der Waals surface area (Å²) in [4.78, 5) is 15.3. The summed E-state index contributed by atoms with van der Waals surface area (Å²) in [5.41, 5.74) is 7.55. The molecule has 0 unspecified atom stereocenters. The van der Waals surface area contributed by atoms with E-state index in [1.807, 2.05) is 36.9 Å². The maximum atomic E-state index is 12.4. The molecule has 0 aromatic heterocycles. The molecule has 1 aromatic carbocycles. The van der Waals surface area contributed by atoms with Crippen LogP contribution < -0.4 is 10.6 Å². The van der Waals surface area contributed by atoms with Crippen molar-refractivity contribution in [1.82, 2.24) is 0 Å². The SMILES string of the molecule is CCCN1C(=O)C(C)(C)Sc2cc(N)ccc21. The summed E-state index contributed by atoms with van der Waals surface area (Å²) in [6, 6.07) is 5.75. The molecule has 2 N–H and O–H groups in total. The predicted molar refractivity (Wildman–Crippen MR) is 73.4 cm³/mol. The van der Waals surface area contributed by atoms with E-state index in [9.17, 15) is 4.79 Å². The van der Waals surface area contributed by atoms with Crippen LogP contribution in [0.25, 0.3) is 0 Å². The first-order valence-electron chi connectivity index (χ1n) is 5.86. The van der Waals surface area contributed by atoms with Crippen LogP contribution in [0.4, 0.5) is 11.4 Å². The van der Waals surface area contributed by atoms with Gasteiger partial charge in [-0.3, -0.25) is 4.79 Å². The van der Waals surface area contributed by atoms with Gasteiger partial charge in [-0.05, 0) is 38.5 Å². The smallest absolute Gasteiger partial charge is 0.243 e. The van der Waals surface area contributed by atoms with Gasteiger partial charge in [0.1, 0.15) is 0 Å². The van der Waals surface area contributed by atoms with Gasteiger partial charge in [-0.2, -0.15) is 0 Å². The molecule has 0 fully saturated rings. The lowest BCUT2D eigenvalue weighted by Gasteiger charge is -2.38. The maximum absolute atomic E-state index is 12.4. The minimum absolute atomic E-state index is 0.182. The molecule has 92 valence electrons. The number of rotatable bonds is 2. The molecule has 0 atom stereocenters. The largest absolute Gasteiger partial charge is 0.399 e. The molecular formula is C13H18N2OS. The molecular weight excluding hydrogens is 232 g/mol. The zero-order chi connectivity index (χ0) is 12.6. The summed E-state index contributed by atoms with van der Waals surface area (Å²) in [7, 11) is 0. The molecule has 17 heavy (non-hydrogen) atoms. The first kappa shape index (κ1) is 12.3. The highest BCUT2D eigenvalue weighted by Gasteiger charge is 2.39. The van der Waals surface area contributed by atoms with Crippen LogP contribution in [0.15, 0.2) is 23.1 Å². The fourth-order valence-corrected chi connectivity index (χ4v) is 3.26. The number of nitrogen functional groups attached to an aromatic ring is 1. The Hall–Kier alpha value is -1.16. The van der Waals surface area contributed by atoms with Crippen molar-refractivity contribution in [2.45, 2.75) is 36.8 Å². The van der Waals surface area contributed by atoms with Crippen molar-refractivity contribution in [1.29, 1.82) is 0 Å². The highest BCUT2D eigenvalue weighted by Crippen LogP contribution is 2.45. The van der Waals surface area contributed by atoms with Crippen molar-refractivity contribution in [3.05, 3.63) is 18.2 Å². The van der Waals surface area contributed by atoms with Gasteiger partial charge in [0, 0.05) is 17.1 Å². The van der Waals surface area contributed by atoms with E-state index in [1.54, 1.807) is 11.8 Å². The molecule has 2 rings (SSSR count). The fourth-order valence-electron chi connectivity index (χ4n) is 2.03. The van der Waals surface area contributed by atoms with Gasteiger partial charge in [0.15, 0.2) is 0 Å². The molecule has 0 saturated carbocycles. The molecule has 1 aliphatic heterocycles. The maximum Gasteiger partial charge on any atom is 0.243 e. The van der Waals surface area contributed by atoms with Crippen LogP contribution in [0.5, 0.6) is 0 Å². The second kappa shape index (κ2) is 4.26. The summed E-state index contributed by atoms with van der Waals surface area (Å²) in [5.74, 6) is 0.182. The fraction of sp³-hybridized carbons (Fsp3) is 0.462. The Labute approximate surface area is 106 Å². The molecule has 1 amide bonds. The highest BCUT2D eigenvalue weighted by molar-refractivity contribution is 8.01. The van der Waals surface area contributed by atoms with Crippen molar-refractivity contribution >= 4 is 29.0 Å². The summed E-state index contributed by atoms with van der Waals surface area (Å²) in [6.45, 7) is 6.78. The number of anilines is 2. The summed E-state index contributed by atoms with van der Waals surface area (Å²) < 4.78 is -0.407. The molecule has 0 saturated heterocycles. The minimum atomic E-state index is -0.407. The molecule has 1 aromatic rings. The average Bonchev–Trinajstić information content (AvgIpc) is 2.24. The quantitative estimate of drug-likeness (QED) is 0.821. The predicted octanol–water partition coefficient (Wildman–Crippen LogP) is 2.90. The minimum Gasteiger partial charge on any atom is -0.399 e. The highest BCUT2D eigenvalue weighted by atomic mass is 32.2. The Kier molecular flexibility index (Phi) is 3.08. The van der Waals surface area contributed by atoms with Gasteiger partial charge >= 0.3 is 0 Å². The molecule has 4 heteroatoms. The van der Waals surface area contributed by atoms with Gasteiger partial charge in [0.2, 0.25) is 5.91 Å². The lowest BCUT2D eigenvalue weighted by Crippen LogP contribution is -2.46. The van der Waals surface area contributed by atoms with Crippen LogP contribution in [0.1, 0.15) is 27.2 Å². The molecule has 0 radical (unpaired) electrons. The van der Waals surface area contributed by atoms with E-state index in [4.69, 9.17) is 5.73 Å². The van der Waals surface area contributed by atoms with E-state index in [2.05, 4.69) is 6.92 Å². The van der Waals surface area contributed by atoms with Crippen LogP contribution in [0.3, 0.4) is 0 Å². The number of hydrogen-bond donors (Lipinski definition) is 1. The van der Waals surface area contributed by atoms with Crippen molar-refractivity contribution < 1.29 is 4.79 Å². The molecule has 0 bridgehead atoms. The van der Waals surface area contributed by atoms with Crippen LogP contribution >= 0.6 is 11.8 Å². The monoisotopic (exact) mass is 250 g/mol. The Balaban J connectivity index is 2.50. The van der Waals surface area contributed by atoms with Crippen LogP contribution in [-0.2, 0) is 4.79 Å². The van der Waals surface area contributed by atoms with Crippen molar-refractivity contribution in [2.24, 2.45) is 0 Å². The second-order valence-electron chi connectivity index (χ2n) is 4.80. The Morgan fingerprint density at radius 2 is 2.12 bits per heavy atom. The zero-order valence-electron chi connectivity index (χ0n) is 10.5. The van der Waals surface area contributed by atoms with Crippen LogP contribution in [-0.4, -0.2) is 17.2 Å². The van der Waals surface area contributed by atoms with Crippen molar-refractivity contribution in [3.8, 4) is 0 Å². The second-order valence-corrected chi connectivity index (χ2v) is 6.46. The van der Waals surface area contributed by atoms with E-state index in [-0.39, 0.29) is 5.91 Å². The Morgan fingerprint density at radius 3 is 2.76 bits per heavy atom. The third-order valence-corrected chi connectivity index (χ3v) is 4.08. The molecule has 0 spiro atoms. The third kappa shape index (κ3) is 2.14. The number of hydrogen-bond acceptors (Lipinski definition) is 3. The topological polar surface area (TPSA) is 46.3 Å². The lowest BCUT2D eigenvalue weighted by molar-refractivity contribution is -0.120. The van der Waals surface area contributed by atoms with E-state index in [0.29, 0.717) is 0 Å². The number of nitrogens with two attached hydrogens (primary N) is 1. The van der Waals surface area contributed by atoms with Gasteiger partial charge in [-0.15, -0.1) is 11.8 Å². The van der Waals surface area contributed by atoms with Gasteiger partial charge in [0.05, 0.1) is 10.4 Å². The van der Waals surface area contributed by atoms with Crippen LogP contribution in [0.2, 0.25) is 0 Å². The van der Waals surface area contributed by atoms with Gasteiger partial charge in [0.25, 0.3) is 0 Å². The average molecular weight is 250 g/mol. The number of fused-ring (bicyclic) bond motifs is 1. The number of nitrogens with zero attached hydrogens (tertiary/aromatic N) is 1. The molecule has 1 heterocycles. The molecule has 0 aliphatic carbocycles. The van der Waals surface area contributed by atoms with Crippen LogP contribution in [0, 0.1) is 0 Å². The normalized spacial score (nSPS) is 18.1. The Bertz CT molecular complexity index is 457. The number of amides is 1. The van der Waals surface area contributed by atoms with Gasteiger partial charge < -0.3 is 10.6 Å². The van der Waals surface area contributed by atoms with E-state index < -0.39 is 4.75 Å². The third-order valence-electron chi connectivity index (χ3n) is 2.85. The van der Waals surface area contributed by atoms with Gasteiger partial charge in [-0.1, -0.05) is 6.92 Å². The van der Waals surface area contributed by atoms with E-state index in [1.165, 1.54) is 0 Å².